The molecule has 0 fully saturated rings. The van der Waals surface area contributed by atoms with Crippen LogP contribution in [0.25, 0.3) is 6.08 Å². The van der Waals surface area contributed by atoms with E-state index >= 15 is 0 Å². The zero-order valence-corrected chi connectivity index (χ0v) is 6.53. The van der Waals surface area contributed by atoms with Crippen molar-refractivity contribution in [3.8, 4) is 5.88 Å². The molecule has 0 aromatic carbocycles. The Bertz CT molecular complexity index is 346. The van der Waals surface area contributed by atoms with Crippen LogP contribution in [0.2, 0.25) is 0 Å². The average molecular weight is 154 g/mol. The Balaban J connectivity index is 3.61. The standard InChI is InChI=1S/C7H10N2O2/c1-4-5-6(10)8(2)9(3)7(5)11/h4,10H,1H2,2-3H3. The van der Waals surface area contributed by atoms with Crippen LogP contribution in [0.4, 0.5) is 0 Å². The normalized spacial score (nSPS) is 10.0. The highest BCUT2D eigenvalue weighted by atomic mass is 16.3. The van der Waals surface area contributed by atoms with Crippen molar-refractivity contribution in [1.82, 2.24) is 9.36 Å². The maximum Gasteiger partial charge on any atom is 0.277 e. The molecule has 4 nitrogen and oxygen atoms in total. The van der Waals surface area contributed by atoms with Crippen molar-refractivity contribution in [1.29, 1.82) is 0 Å². The molecule has 0 bridgehead atoms. The van der Waals surface area contributed by atoms with E-state index in [0.717, 1.165) is 0 Å². The second-order valence-corrected chi connectivity index (χ2v) is 2.29. The fourth-order valence-corrected chi connectivity index (χ4v) is 0.901. The van der Waals surface area contributed by atoms with Crippen molar-refractivity contribution in [3.63, 3.8) is 0 Å². The number of aromatic hydroxyl groups is 1. The third-order valence-corrected chi connectivity index (χ3v) is 1.73. The molecular formula is C7H10N2O2. The number of nitrogens with zero attached hydrogens (tertiary/aromatic N) is 2. The van der Waals surface area contributed by atoms with Gasteiger partial charge in [0, 0.05) is 14.1 Å². The number of hydrogen-bond donors (Lipinski definition) is 1. The van der Waals surface area contributed by atoms with Gasteiger partial charge < -0.3 is 5.11 Å². The van der Waals surface area contributed by atoms with Gasteiger partial charge in [-0.15, -0.1) is 0 Å². The van der Waals surface area contributed by atoms with Gasteiger partial charge in [-0.1, -0.05) is 12.7 Å². The lowest BCUT2D eigenvalue weighted by Gasteiger charge is -1.97. The van der Waals surface area contributed by atoms with Crippen molar-refractivity contribution in [3.05, 3.63) is 22.5 Å². The van der Waals surface area contributed by atoms with E-state index in [1.807, 2.05) is 0 Å². The first kappa shape index (κ1) is 7.65. The molecule has 0 atom stereocenters. The topological polar surface area (TPSA) is 47.2 Å². The van der Waals surface area contributed by atoms with Crippen LogP contribution in [-0.4, -0.2) is 14.5 Å². The molecule has 0 aliphatic rings. The van der Waals surface area contributed by atoms with Gasteiger partial charge in [0.15, 0.2) is 0 Å². The van der Waals surface area contributed by atoms with Gasteiger partial charge in [0.2, 0.25) is 5.88 Å². The average Bonchev–Trinajstić information content (AvgIpc) is 2.17. The largest absolute Gasteiger partial charge is 0.493 e. The maximum absolute atomic E-state index is 11.2. The summed E-state index contributed by atoms with van der Waals surface area (Å²) in [5.41, 5.74) is 0.00926. The molecule has 4 heteroatoms. The minimum atomic E-state index is -0.236. The molecule has 1 aromatic rings. The Hall–Kier alpha value is -1.45. The first-order valence-corrected chi connectivity index (χ1v) is 3.17. The summed E-state index contributed by atoms with van der Waals surface area (Å²) in [5, 5.41) is 9.27. The van der Waals surface area contributed by atoms with E-state index in [1.54, 1.807) is 14.1 Å². The monoisotopic (exact) mass is 154 g/mol. The molecule has 11 heavy (non-hydrogen) atoms. The summed E-state index contributed by atoms with van der Waals surface area (Å²) in [6.07, 6.45) is 1.34. The van der Waals surface area contributed by atoms with Gasteiger partial charge in [-0.05, 0) is 0 Å². The zero-order valence-electron chi connectivity index (χ0n) is 6.53. The Kier molecular flexibility index (Phi) is 1.60. The summed E-state index contributed by atoms with van der Waals surface area (Å²) in [6.45, 7) is 3.42. The number of rotatable bonds is 1. The molecule has 60 valence electrons. The van der Waals surface area contributed by atoms with Crippen molar-refractivity contribution in [2.45, 2.75) is 0 Å². The van der Waals surface area contributed by atoms with Crippen LogP contribution < -0.4 is 5.56 Å². The fraction of sp³-hybridized carbons (Fsp3) is 0.286. The van der Waals surface area contributed by atoms with Gasteiger partial charge in [0.1, 0.15) is 5.56 Å². The minimum Gasteiger partial charge on any atom is -0.493 e. The predicted octanol–water partition coefficient (Wildman–Crippen LogP) is 0.0724. The first-order chi connectivity index (χ1) is 5.09. The molecular weight excluding hydrogens is 144 g/mol. The van der Waals surface area contributed by atoms with Crippen LogP contribution >= 0.6 is 0 Å². The summed E-state index contributed by atoms with van der Waals surface area (Å²) < 4.78 is 2.67. The number of aromatic nitrogens is 2. The highest BCUT2D eigenvalue weighted by molar-refractivity contribution is 5.51. The summed E-state index contributed by atoms with van der Waals surface area (Å²) in [7, 11) is 3.18. The first-order valence-electron chi connectivity index (χ1n) is 3.17. The quantitative estimate of drug-likeness (QED) is 0.622. The Labute approximate surface area is 64.0 Å². The van der Waals surface area contributed by atoms with Gasteiger partial charge in [-0.3, -0.25) is 14.2 Å². The Morgan fingerprint density at radius 1 is 1.45 bits per heavy atom. The van der Waals surface area contributed by atoms with Crippen LogP contribution in [0.3, 0.4) is 0 Å². The summed E-state index contributed by atoms with van der Waals surface area (Å²) >= 11 is 0. The maximum atomic E-state index is 11.2. The van der Waals surface area contributed by atoms with Crippen molar-refractivity contribution < 1.29 is 5.11 Å². The second kappa shape index (κ2) is 2.30. The molecule has 1 rings (SSSR count). The molecule has 0 unspecified atom stereocenters. The van der Waals surface area contributed by atoms with Gasteiger partial charge >= 0.3 is 0 Å². The van der Waals surface area contributed by atoms with E-state index in [4.69, 9.17) is 0 Å². The number of hydrogen-bond acceptors (Lipinski definition) is 2. The lowest BCUT2D eigenvalue weighted by atomic mass is 10.3. The third kappa shape index (κ3) is 0.869. The molecule has 0 amide bonds. The highest BCUT2D eigenvalue weighted by Crippen LogP contribution is 2.11. The smallest absolute Gasteiger partial charge is 0.277 e. The Morgan fingerprint density at radius 2 is 2.00 bits per heavy atom. The van der Waals surface area contributed by atoms with Crippen molar-refractivity contribution >= 4 is 6.08 Å². The van der Waals surface area contributed by atoms with E-state index in [2.05, 4.69) is 6.58 Å². The lowest BCUT2D eigenvalue weighted by molar-refractivity contribution is 0.396. The Morgan fingerprint density at radius 3 is 2.18 bits per heavy atom. The lowest BCUT2D eigenvalue weighted by Crippen LogP contribution is -2.17. The van der Waals surface area contributed by atoms with E-state index in [0.29, 0.717) is 0 Å². The van der Waals surface area contributed by atoms with Gasteiger partial charge in [-0.2, -0.15) is 0 Å². The van der Waals surface area contributed by atoms with E-state index in [9.17, 15) is 9.90 Å². The molecule has 0 aliphatic carbocycles. The molecule has 1 N–H and O–H groups in total. The summed E-state index contributed by atoms with van der Waals surface area (Å²) in [4.78, 5) is 11.2. The SMILES string of the molecule is C=Cc1c(O)n(C)n(C)c1=O. The van der Waals surface area contributed by atoms with Gasteiger partial charge in [0.25, 0.3) is 5.56 Å². The molecule has 0 saturated carbocycles. The molecule has 1 heterocycles. The van der Waals surface area contributed by atoms with Crippen molar-refractivity contribution in [2.24, 2.45) is 14.1 Å². The van der Waals surface area contributed by atoms with Crippen molar-refractivity contribution in [2.75, 3.05) is 0 Å². The summed E-state index contributed by atoms with van der Waals surface area (Å²) in [6, 6.07) is 0. The van der Waals surface area contributed by atoms with Crippen LogP contribution in [0, 0.1) is 0 Å². The zero-order chi connectivity index (χ0) is 8.59. The van der Waals surface area contributed by atoms with E-state index in [-0.39, 0.29) is 17.0 Å². The van der Waals surface area contributed by atoms with Gasteiger partial charge in [0.05, 0.1) is 0 Å². The minimum absolute atomic E-state index is 0.0486. The van der Waals surface area contributed by atoms with Gasteiger partial charge in [-0.25, -0.2) is 0 Å². The molecule has 0 aliphatic heterocycles. The van der Waals surface area contributed by atoms with Crippen LogP contribution in [0.15, 0.2) is 11.4 Å². The van der Waals surface area contributed by atoms with Crippen LogP contribution in [-0.2, 0) is 14.1 Å². The van der Waals surface area contributed by atoms with Crippen LogP contribution in [0.5, 0.6) is 5.88 Å². The second-order valence-electron chi connectivity index (χ2n) is 2.29. The van der Waals surface area contributed by atoms with Crippen LogP contribution in [0.1, 0.15) is 5.56 Å². The summed E-state index contributed by atoms with van der Waals surface area (Å²) in [5.74, 6) is -0.0486. The molecule has 0 saturated heterocycles. The van der Waals surface area contributed by atoms with E-state index < -0.39 is 0 Å². The molecule has 1 aromatic heterocycles. The highest BCUT2D eigenvalue weighted by Gasteiger charge is 2.10. The predicted molar refractivity (Wildman–Crippen MR) is 42.4 cm³/mol. The fourth-order valence-electron chi connectivity index (χ4n) is 0.901. The van der Waals surface area contributed by atoms with E-state index in [1.165, 1.54) is 15.4 Å². The molecule has 0 radical (unpaired) electrons. The molecule has 0 spiro atoms. The third-order valence-electron chi connectivity index (χ3n) is 1.73.